The minimum atomic E-state index is -0.676. The monoisotopic (exact) mass is 366 g/mol. The number of amides is 2. The lowest BCUT2D eigenvalue weighted by Crippen LogP contribution is -2.49. The lowest BCUT2D eigenvalue weighted by atomic mass is 10.0. The van der Waals surface area contributed by atoms with E-state index in [1.54, 1.807) is 54.4 Å². The van der Waals surface area contributed by atoms with E-state index in [0.29, 0.717) is 42.9 Å². The first-order chi connectivity index (χ1) is 13.1. The summed E-state index contributed by atoms with van der Waals surface area (Å²) in [6, 6.07) is 12.5. The molecule has 7 nitrogen and oxygen atoms in total. The number of aromatic nitrogens is 1. The molecular formula is C20H22N4O3. The van der Waals surface area contributed by atoms with Crippen molar-refractivity contribution in [2.75, 3.05) is 13.1 Å². The summed E-state index contributed by atoms with van der Waals surface area (Å²) in [6.45, 7) is 2.81. The molecule has 7 heteroatoms. The van der Waals surface area contributed by atoms with Crippen molar-refractivity contribution in [1.82, 2.24) is 15.2 Å². The highest BCUT2D eigenvalue weighted by atomic mass is 16.5. The van der Waals surface area contributed by atoms with Gasteiger partial charge >= 0.3 is 0 Å². The normalized spacial score (nSPS) is 15.6. The van der Waals surface area contributed by atoms with Crippen molar-refractivity contribution in [3.63, 3.8) is 0 Å². The number of carbonyl (C=O) groups is 2. The first-order valence-electron chi connectivity index (χ1n) is 8.97. The maximum Gasteiger partial charge on any atom is 0.267 e. The standard InChI is InChI=1S/C20H22N4O3/c1-14(27-18-7-3-2-5-15(18)13-21)20(26)24-11-8-16(9-12-24)23-19(25)17-6-4-10-22-17/h2-7,10,14,16,22H,8-9,11-12H2,1H3,(H,23,25). The summed E-state index contributed by atoms with van der Waals surface area (Å²) in [5.41, 5.74) is 0.939. The third-order valence-corrected chi connectivity index (χ3v) is 4.64. The number of aromatic amines is 1. The number of ether oxygens (including phenoxy) is 1. The van der Waals surface area contributed by atoms with Gasteiger partial charge in [0.15, 0.2) is 6.10 Å². The van der Waals surface area contributed by atoms with Crippen LogP contribution in [0.25, 0.3) is 0 Å². The molecule has 27 heavy (non-hydrogen) atoms. The molecule has 0 spiro atoms. The number of piperidine rings is 1. The highest BCUT2D eigenvalue weighted by Crippen LogP contribution is 2.20. The molecule has 1 aliphatic heterocycles. The minimum Gasteiger partial charge on any atom is -0.480 e. The number of nitrogens with zero attached hydrogens (tertiary/aromatic N) is 2. The molecule has 1 aliphatic rings. The highest BCUT2D eigenvalue weighted by Gasteiger charge is 2.28. The summed E-state index contributed by atoms with van der Waals surface area (Å²) in [5.74, 6) is 0.167. The topological polar surface area (TPSA) is 98.2 Å². The van der Waals surface area contributed by atoms with Gasteiger partial charge in [-0.1, -0.05) is 12.1 Å². The van der Waals surface area contributed by atoms with Crippen LogP contribution in [-0.2, 0) is 4.79 Å². The van der Waals surface area contributed by atoms with Crippen molar-refractivity contribution >= 4 is 11.8 Å². The predicted molar refractivity (Wildman–Crippen MR) is 99.1 cm³/mol. The Morgan fingerprint density at radius 3 is 2.67 bits per heavy atom. The second-order valence-corrected chi connectivity index (χ2v) is 6.52. The Morgan fingerprint density at radius 2 is 2.00 bits per heavy atom. The number of carbonyl (C=O) groups excluding carboxylic acids is 2. The SMILES string of the molecule is CC(Oc1ccccc1C#N)C(=O)N1CCC(NC(=O)c2ccc[nH]2)CC1. The molecule has 0 aliphatic carbocycles. The van der Waals surface area contributed by atoms with E-state index in [0.717, 1.165) is 0 Å². The average molecular weight is 366 g/mol. The van der Waals surface area contributed by atoms with E-state index in [4.69, 9.17) is 10.00 Å². The van der Waals surface area contributed by atoms with Crippen LogP contribution in [0.5, 0.6) is 5.75 Å². The molecule has 1 saturated heterocycles. The fourth-order valence-corrected chi connectivity index (χ4v) is 3.14. The van der Waals surface area contributed by atoms with Gasteiger partial charge in [-0.15, -0.1) is 0 Å². The van der Waals surface area contributed by atoms with Gasteiger partial charge in [0.05, 0.1) is 5.56 Å². The van der Waals surface area contributed by atoms with Crippen LogP contribution in [-0.4, -0.2) is 46.9 Å². The number of nitrogens with one attached hydrogen (secondary N) is 2. The van der Waals surface area contributed by atoms with Gasteiger partial charge in [0.2, 0.25) is 0 Å². The van der Waals surface area contributed by atoms with Gasteiger partial charge < -0.3 is 19.9 Å². The molecule has 1 atom stereocenters. The molecule has 0 radical (unpaired) electrons. The molecule has 2 heterocycles. The first kappa shape index (κ1) is 18.5. The van der Waals surface area contributed by atoms with E-state index in [-0.39, 0.29) is 17.9 Å². The number of H-pyrrole nitrogens is 1. The molecule has 2 N–H and O–H groups in total. The van der Waals surface area contributed by atoms with E-state index in [1.807, 2.05) is 0 Å². The van der Waals surface area contributed by atoms with E-state index >= 15 is 0 Å². The largest absolute Gasteiger partial charge is 0.480 e. The Morgan fingerprint density at radius 1 is 1.26 bits per heavy atom. The fraction of sp³-hybridized carbons (Fsp3) is 0.350. The molecule has 1 fully saturated rings. The lowest BCUT2D eigenvalue weighted by Gasteiger charge is -2.33. The van der Waals surface area contributed by atoms with Crippen LogP contribution in [0.15, 0.2) is 42.6 Å². The number of likely N-dealkylation sites (tertiary alicyclic amines) is 1. The van der Waals surface area contributed by atoms with E-state index in [2.05, 4.69) is 16.4 Å². The quantitative estimate of drug-likeness (QED) is 0.846. The van der Waals surface area contributed by atoms with Crippen LogP contribution in [0.2, 0.25) is 0 Å². The molecular weight excluding hydrogens is 344 g/mol. The van der Waals surface area contributed by atoms with Crippen molar-refractivity contribution in [2.24, 2.45) is 0 Å². The Labute approximate surface area is 157 Å². The second kappa shape index (κ2) is 8.41. The van der Waals surface area contributed by atoms with Gasteiger partial charge in [-0.3, -0.25) is 9.59 Å². The van der Waals surface area contributed by atoms with Crippen molar-refractivity contribution < 1.29 is 14.3 Å². The number of hydrogen-bond acceptors (Lipinski definition) is 4. The highest BCUT2D eigenvalue weighted by molar-refractivity contribution is 5.92. The Kier molecular flexibility index (Phi) is 5.77. The van der Waals surface area contributed by atoms with E-state index in [9.17, 15) is 9.59 Å². The van der Waals surface area contributed by atoms with Crippen LogP contribution < -0.4 is 10.1 Å². The van der Waals surface area contributed by atoms with Gasteiger partial charge in [0.25, 0.3) is 11.8 Å². The van der Waals surface area contributed by atoms with Gasteiger partial charge in [-0.25, -0.2) is 0 Å². The Balaban J connectivity index is 1.50. The van der Waals surface area contributed by atoms with Crippen molar-refractivity contribution in [1.29, 1.82) is 5.26 Å². The molecule has 0 bridgehead atoms. The number of nitriles is 1. The summed E-state index contributed by atoms with van der Waals surface area (Å²) in [6.07, 6.45) is 2.42. The molecule has 1 aromatic heterocycles. The molecule has 1 aromatic carbocycles. The fourth-order valence-electron chi connectivity index (χ4n) is 3.14. The number of rotatable bonds is 5. The minimum absolute atomic E-state index is 0.0420. The van der Waals surface area contributed by atoms with Gasteiger partial charge in [0, 0.05) is 25.3 Å². The lowest BCUT2D eigenvalue weighted by molar-refractivity contribution is -0.139. The van der Waals surface area contributed by atoms with E-state index < -0.39 is 6.10 Å². The van der Waals surface area contributed by atoms with Crippen molar-refractivity contribution in [2.45, 2.75) is 31.9 Å². The second-order valence-electron chi connectivity index (χ2n) is 6.52. The third-order valence-electron chi connectivity index (χ3n) is 4.64. The molecule has 2 amide bonds. The summed E-state index contributed by atoms with van der Waals surface area (Å²) in [5, 5.41) is 12.1. The first-order valence-corrected chi connectivity index (χ1v) is 8.97. The average Bonchev–Trinajstić information content (AvgIpc) is 3.23. The maximum atomic E-state index is 12.6. The van der Waals surface area contributed by atoms with Gasteiger partial charge in [-0.05, 0) is 44.0 Å². The van der Waals surface area contributed by atoms with Crippen LogP contribution in [0, 0.1) is 11.3 Å². The number of para-hydroxylation sites is 1. The predicted octanol–water partition coefficient (Wildman–Crippen LogP) is 2.07. The molecule has 140 valence electrons. The Hall–Kier alpha value is -3.27. The van der Waals surface area contributed by atoms with Crippen LogP contribution >= 0.6 is 0 Å². The number of benzene rings is 1. The zero-order chi connectivity index (χ0) is 19.2. The summed E-state index contributed by atoms with van der Waals surface area (Å²) in [4.78, 5) is 29.4. The van der Waals surface area contributed by atoms with Gasteiger partial charge in [0.1, 0.15) is 17.5 Å². The third kappa shape index (κ3) is 4.47. The summed E-state index contributed by atoms with van der Waals surface area (Å²) < 4.78 is 5.70. The molecule has 1 unspecified atom stereocenters. The molecule has 0 saturated carbocycles. The summed E-state index contributed by atoms with van der Waals surface area (Å²) >= 11 is 0. The van der Waals surface area contributed by atoms with Crippen LogP contribution in [0.1, 0.15) is 35.8 Å². The zero-order valence-electron chi connectivity index (χ0n) is 15.1. The smallest absolute Gasteiger partial charge is 0.267 e. The van der Waals surface area contributed by atoms with Crippen molar-refractivity contribution in [3.05, 3.63) is 53.9 Å². The van der Waals surface area contributed by atoms with Gasteiger partial charge in [-0.2, -0.15) is 5.26 Å². The van der Waals surface area contributed by atoms with Crippen LogP contribution in [0.3, 0.4) is 0 Å². The summed E-state index contributed by atoms with van der Waals surface area (Å²) in [7, 11) is 0. The zero-order valence-corrected chi connectivity index (χ0v) is 15.1. The van der Waals surface area contributed by atoms with E-state index in [1.165, 1.54) is 0 Å². The molecule has 3 rings (SSSR count). The van der Waals surface area contributed by atoms with Crippen LogP contribution in [0.4, 0.5) is 0 Å². The Bertz CT molecular complexity index is 833. The molecule has 2 aromatic rings. The number of hydrogen-bond donors (Lipinski definition) is 2. The van der Waals surface area contributed by atoms with Crippen molar-refractivity contribution in [3.8, 4) is 11.8 Å². The maximum absolute atomic E-state index is 12.6.